The molecule has 0 radical (unpaired) electrons. The van der Waals surface area contributed by atoms with E-state index in [4.69, 9.17) is 23.2 Å². The smallest absolute Gasteiger partial charge is 0.264 e. The average molecular weight is 629 g/mol. The van der Waals surface area contributed by atoms with Crippen LogP contribution in [0.4, 0.5) is 10.1 Å². The molecular formula is C31H28Cl2FN3O4S. The molecule has 2 amide bonds. The molecule has 0 fully saturated rings. The number of benzene rings is 4. The van der Waals surface area contributed by atoms with Gasteiger partial charge >= 0.3 is 0 Å². The lowest BCUT2D eigenvalue weighted by atomic mass is 10.0. The number of likely N-dealkylation sites (N-methyl/N-ethyl adjacent to an activating group) is 1. The lowest BCUT2D eigenvalue weighted by Gasteiger charge is -2.33. The molecule has 0 aliphatic rings. The molecule has 4 aromatic rings. The Morgan fingerprint density at radius 3 is 2.10 bits per heavy atom. The molecule has 42 heavy (non-hydrogen) atoms. The number of amides is 2. The summed E-state index contributed by atoms with van der Waals surface area (Å²) in [6, 6.07) is 26.0. The lowest BCUT2D eigenvalue weighted by Crippen LogP contribution is -2.53. The van der Waals surface area contributed by atoms with Crippen molar-refractivity contribution >= 4 is 50.7 Å². The predicted octanol–water partition coefficient (Wildman–Crippen LogP) is 5.71. The summed E-state index contributed by atoms with van der Waals surface area (Å²) < 4.78 is 42.7. The van der Waals surface area contributed by atoms with Gasteiger partial charge in [-0.3, -0.25) is 13.9 Å². The first-order valence-corrected chi connectivity index (χ1v) is 15.1. The molecule has 0 aromatic heterocycles. The normalized spacial score (nSPS) is 11.9. The van der Waals surface area contributed by atoms with Gasteiger partial charge in [0.15, 0.2) is 0 Å². The third kappa shape index (κ3) is 7.28. The maximum atomic E-state index is 14.2. The van der Waals surface area contributed by atoms with Gasteiger partial charge in [0.2, 0.25) is 11.8 Å². The van der Waals surface area contributed by atoms with Crippen LogP contribution >= 0.6 is 23.2 Å². The predicted molar refractivity (Wildman–Crippen MR) is 162 cm³/mol. The number of hydrogen-bond donors (Lipinski definition) is 1. The van der Waals surface area contributed by atoms with Gasteiger partial charge in [-0.15, -0.1) is 0 Å². The number of sulfonamides is 1. The minimum atomic E-state index is -4.33. The van der Waals surface area contributed by atoms with E-state index in [0.29, 0.717) is 10.6 Å². The minimum absolute atomic E-state index is 0.0177. The molecule has 4 rings (SSSR count). The molecular weight excluding hydrogens is 600 g/mol. The van der Waals surface area contributed by atoms with Crippen LogP contribution in [0.1, 0.15) is 11.1 Å². The van der Waals surface area contributed by atoms with Crippen LogP contribution in [0.25, 0.3) is 0 Å². The van der Waals surface area contributed by atoms with Crippen molar-refractivity contribution in [3.63, 3.8) is 0 Å². The Labute approximate surface area is 254 Å². The van der Waals surface area contributed by atoms with E-state index in [0.717, 1.165) is 22.0 Å². The molecule has 0 bridgehead atoms. The standard InChI is InChI=1S/C31H28Cl2FN3O4S/c1-35-31(39)29(18-22-10-4-2-5-11-22)36(20-23-12-8-9-15-26(23)32)30(38)21-37(24-16-17-28(34)27(33)19-24)42(40,41)25-13-6-3-7-14-25/h2-17,19,29H,18,20-21H2,1H3,(H,35,39)/t29-/m0/s1. The van der Waals surface area contributed by atoms with Crippen LogP contribution in [-0.4, -0.2) is 44.8 Å². The second kappa shape index (κ2) is 13.8. The van der Waals surface area contributed by atoms with E-state index in [-0.39, 0.29) is 28.6 Å². The van der Waals surface area contributed by atoms with Crippen LogP contribution in [0.3, 0.4) is 0 Å². The SMILES string of the molecule is CNC(=O)[C@H](Cc1ccccc1)N(Cc1ccccc1Cl)C(=O)CN(c1ccc(F)c(Cl)c1)S(=O)(=O)c1ccccc1. The van der Waals surface area contributed by atoms with Crippen molar-refractivity contribution in [3.8, 4) is 0 Å². The van der Waals surface area contributed by atoms with Crippen LogP contribution in [0.15, 0.2) is 108 Å². The van der Waals surface area contributed by atoms with E-state index in [1.807, 2.05) is 30.3 Å². The largest absolute Gasteiger partial charge is 0.357 e. The fraction of sp³-hybridized carbons (Fsp3) is 0.161. The van der Waals surface area contributed by atoms with Crippen LogP contribution in [0.5, 0.6) is 0 Å². The summed E-state index contributed by atoms with van der Waals surface area (Å²) in [7, 11) is -2.86. The zero-order valence-corrected chi connectivity index (χ0v) is 24.9. The summed E-state index contributed by atoms with van der Waals surface area (Å²) in [6.07, 6.45) is 0.157. The molecule has 0 unspecified atom stereocenters. The van der Waals surface area contributed by atoms with Gasteiger partial charge < -0.3 is 10.2 Å². The number of halogens is 3. The zero-order chi connectivity index (χ0) is 30.3. The van der Waals surface area contributed by atoms with Gasteiger partial charge in [0.25, 0.3) is 10.0 Å². The summed E-state index contributed by atoms with van der Waals surface area (Å²) in [6.45, 7) is -0.779. The van der Waals surface area contributed by atoms with Crippen molar-refractivity contribution in [2.24, 2.45) is 0 Å². The summed E-state index contributed by atoms with van der Waals surface area (Å²) in [5.41, 5.74) is 1.34. The van der Waals surface area contributed by atoms with E-state index >= 15 is 0 Å². The van der Waals surface area contributed by atoms with Crippen LogP contribution in [0.2, 0.25) is 10.0 Å². The Kier molecular flexibility index (Phi) is 10.2. The number of hydrogen-bond acceptors (Lipinski definition) is 4. The van der Waals surface area contributed by atoms with Gasteiger partial charge in [-0.25, -0.2) is 12.8 Å². The van der Waals surface area contributed by atoms with Gasteiger partial charge in [-0.05, 0) is 47.5 Å². The van der Waals surface area contributed by atoms with Gasteiger partial charge in [-0.1, -0.05) is 89.9 Å². The first kappa shape index (κ1) is 31.0. The van der Waals surface area contributed by atoms with E-state index < -0.39 is 40.2 Å². The summed E-state index contributed by atoms with van der Waals surface area (Å²) in [4.78, 5) is 28.7. The molecule has 11 heteroatoms. The van der Waals surface area contributed by atoms with E-state index in [1.165, 1.54) is 30.1 Å². The Bertz CT molecular complexity index is 1660. The molecule has 0 aliphatic carbocycles. The highest BCUT2D eigenvalue weighted by Gasteiger charge is 2.34. The zero-order valence-electron chi connectivity index (χ0n) is 22.6. The van der Waals surface area contributed by atoms with Crippen LogP contribution in [-0.2, 0) is 32.6 Å². The van der Waals surface area contributed by atoms with Crippen molar-refractivity contribution in [2.45, 2.75) is 23.9 Å². The number of rotatable bonds is 11. The number of carbonyl (C=O) groups is 2. The highest BCUT2D eigenvalue weighted by molar-refractivity contribution is 7.92. The van der Waals surface area contributed by atoms with Gasteiger partial charge in [0.05, 0.1) is 15.6 Å². The van der Waals surface area contributed by atoms with Crippen molar-refractivity contribution in [1.29, 1.82) is 0 Å². The molecule has 218 valence electrons. The molecule has 4 aromatic carbocycles. The fourth-order valence-corrected chi connectivity index (χ4v) is 6.22. The average Bonchev–Trinajstić information content (AvgIpc) is 3.00. The topological polar surface area (TPSA) is 86.8 Å². The highest BCUT2D eigenvalue weighted by atomic mass is 35.5. The van der Waals surface area contributed by atoms with E-state index in [1.54, 1.807) is 42.5 Å². The molecule has 0 saturated heterocycles. The first-order valence-electron chi connectivity index (χ1n) is 12.9. The molecule has 0 heterocycles. The van der Waals surface area contributed by atoms with Crippen molar-refractivity contribution in [3.05, 3.63) is 130 Å². The summed E-state index contributed by atoms with van der Waals surface area (Å²) in [5, 5.41) is 2.69. The van der Waals surface area contributed by atoms with E-state index in [9.17, 15) is 22.4 Å². The minimum Gasteiger partial charge on any atom is -0.357 e. The van der Waals surface area contributed by atoms with Crippen molar-refractivity contribution < 1.29 is 22.4 Å². The lowest BCUT2D eigenvalue weighted by molar-refractivity contribution is -0.139. The number of nitrogens with one attached hydrogen (secondary N) is 1. The maximum absolute atomic E-state index is 14.2. The summed E-state index contributed by atoms with van der Waals surface area (Å²) in [5.74, 6) is -1.87. The maximum Gasteiger partial charge on any atom is 0.264 e. The van der Waals surface area contributed by atoms with Gasteiger partial charge in [0, 0.05) is 25.0 Å². The van der Waals surface area contributed by atoms with Gasteiger partial charge in [-0.2, -0.15) is 0 Å². The Hall–Kier alpha value is -3.92. The monoisotopic (exact) mass is 627 g/mol. The number of carbonyl (C=O) groups excluding carboxylic acids is 2. The van der Waals surface area contributed by atoms with E-state index in [2.05, 4.69) is 5.32 Å². The second-order valence-electron chi connectivity index (χ2n) is 9.36. The molecule has 0 spiro atoms. The first-order chi connectivity index (χ1) is 20.1. The van der Waals surface area contributed by atoms with Crippen molar-refractivity contribution in [2.75, 3.05) is 17.9 Å². The molecule has 1 N–H and O–H groups in total. The molecule has 0 saturated carbocycles. The highest BCUT2D eigenvalue weighted by Crippen LogP contribution is 2.29. The third-order valence-electron chi connectivity index (χ3n) is 6.62. The molecule has 7 nitrogen and oxygen atoms in total. The fourth-order valence-electron chi connectivity index (χ4n) is 4.42. The van der Waals surface area contributed by atoms with Gasteiger partial charge in [0.1, 0.15) is 18.4 Å². The molecule has 0 aliphatic heterocycles. The Balaban J connectivity index is 1.81. The number of nitrogens with zero attached hydrogens (tertiary/aromatic N) is 2. The van der Waals surface area contributed by atoms with Crippen LogP contribution in [0, 0.1) is 5.82 Å². The summed E-state index contributed by atoms with van der Waals surface area (Å²) >= 11 is 12.5. The van der Waals surface area contributed by atoms with Crippen LogP contribution < -0.4 is 9.62 Å². The molecule has 1 atom stereocenters. The quantitative estimate of drug-likeness (QED) is 0.231. The third-order valence-corrected chi connectivity index (χ3v) is 9.06. The Morgan fingerprint density at radius 2 is 1.48 bits per heavy atom. The number of anilines is 1. The second-order valence-corrected chi connectivity index (χ2v) is 12.0. The van der Waals surface area contributed by atoms with Crippen molar-refractivity contribution in [1.82, 2.24) is 10.2 Å². The Morgan fingerprint density at radius 1 is 0.857 bits per heavy atom.